The molecule has 1 amide bonds. The largest absolute Gasteiger partial charge is 0.495 e. The number of carbonyl (C=O) groups is 1. The van der Waals surface area contributed by atoms with Crippen molar-refractivity contribution >= 4 is 50.5 Å². The van der Waals surface area contributed by atoms with Gasteiger partial charge in [0.25, 0.3) is 0 Å². The van der Waals surface area contributed by atoms with Crippen LogP contribution >= 0.6 is 28.1 Å². The van der Waals surface area contributed by atoms with Crippen molar-refractivity contribution in [3.63, 3.8) is 0 Å². The van der Waals surface area contributed by atoms with Gasteiger partial charge in [-0.1, -0.05) is 34.1 Å². The highest BCUT2D eigenvalue weighted by Gasteiger charge is 2.42. The second kappa shape index (κ2) is 11.3. The van der Waals surface area contributed by atoms with Crippen LogP contribution in [-0.4, -0.2) is 36.8 Å². The van der Waals surface area contributed by atoms with E-state index in [1.165, 1.54) is 7.11 Å². The molecule has 1 fully saturated rings. The highest BCUT2D eigenvalue weighted by molar-refractivity contribution is 9.10. The summed E-state index contributed by atoms with van der Waals surface area (Å²) in [5.41, 5.74) is 3.04. The molecule has 1 aliphatic rings. The van der Waals surface area contributed by atoms with Crippen molar-refractivity contribution in [1.29, 1.82) is 0 Å². The van der Waals surface area contributed by atoms with Crippen LogP contribution < -0.4 is 20.3 Å². The Kier molecular flexibility index (Phi) is 7.73. The third kappa shape index (κ3) is 5.28. The maximum atomic E-state index is 12.3. The van der Waals surface area contributed by atoms with E-state index in [0.29, 0.717) is 22.3 Å². The third-order valence-corrected chi connectivity index (χ3v) is 7.00. The molecule has 3 heterocycles. The molecule has 1 saturated heterocycles. The molecule has 38 heavy (non-hydrogen) atoms. The zero-order chi connectivity index (χ0) is 26.6. The van der Waals surface area contributed by atoms with Gasteiger partial charge in [-0.05, 0) is 66.8 Å². The van der Waals surface area contributed by atoms with Gasteiger partial charge in [0.05, 0.1) is 24.5 Å². The highest BCUT2D eigenvalue weighted by Crippen LogP contribution is 2.44. The number of nitrogens with zero attached hydrogens (tertiary/aromatic N) is 2. The average molecular weight is 594 g/mol. The van der Waals surface area contributed by atoms with E-state index < -0.39 is 0 Å². The molecule has 0 unspecified atom stereocenters. The minimum atomic E-state index is -0.350. The van der Waals surface area contributed by atoms with E-state index in [1.54, 1.807) is 19.4 Å². The number of rotatable bonds is 8. The first-order valence-corrected chi connectivity index (χ1v) is 13.0. The van der Waals surface area contributed by atoms with Crippen molar-refractivity contribution in [2.45, 2.75) is 12.1 Å². The van der Waals surface area contributed by atoms with E-state index in [2.05, 4.69) is 31.5 Å². The quantitative estimate of drug-likeness (QED) is 0.245. The second-order valence-electron chi connectivity index (χ2n) is 8.57. The number of halogens is 1. The van der Waals surface area contributed by atoms with Crippen LogP contribution in [0, 0.1) is 0 Å². The fraction of sp³-hybridized carbons (Fsp3) is 0.179. The summed E-state index contributed by atoms with van der Waals surface area (Å²) in [7, 11) is 3.02. The summed E-state index contributed by atoms with van der Waals surface area (Å²) >= 11 is 9.31. The molecule has 0 aliphatic carbocycles. The maximum absolute atomic E-state index is 12.3. The fourth-order valence-electron chi connectivity index (χ4n) is 4.46. The second-order valence-corrected chi connectivity index (χ2v) is 9.87. The van der Waals surface area contributed by atoms with Crippen molar-refractivity contribution in [3.05, 3.63) is 94.9 Å². The van der Waals surface area contributed by atoms with Crippen LogP contribution in [0.3, 0.4) is 0 Å². The number of hydrogen-bond donors (Lipinski definition) is 2. The molecule has 5 rings (SSSR count). The van der Waals surface area contributed by atoms with E-state index in [1.807, 2.05) is 71.6 Å². The number of ether oxygens (including phenoxy) is 2. The topological polar surface area (TPSA) is 88.9 Å². The Hall–Kier alpha value is -3.73. The molecule has 1 aliphatic heterocycles. The minimum absolute atomic E-state index is 0.0767. The van der Waals surface area contributed by atoms with Crippen molar-refractivity contribution in [1.82, 2.24) is 10.3 Å². The van der Waals surface area contributed by atoms with Gasteiger partial charge in [0, 0.05) is 29.0 Å². The Bertz CT molecular complexity index is 1450. The first-order valence-electron chi connectivity index (χ1n) is 11.8. The normalized spacial score (nSPS) is 16.8. The Morgan fingerprint density at radius 2 is 1.95 bits per heavy atom. The summed E-state index contributed by atoms with van der Waals surface area (Å²) in [6.07, 6.45) is 1.76. The lowest BCUT2D eigenvalue weighted by atomic mass is 10.0. The molecule has 10 heteroatoms. The molecule has 0 spiro atoms. The molecule has 2 N–H and O–H groups in total. The third-order valence-electron chi connectivity index (χ3n) is 6.16. The van der Waals surface area contributed by atoms with Gasteiger partial charge in [-0.2, -0.15) is 0 Å². The molecule has 0 radical (unpaired) electrons. The van der Waals surface area contributed by atoms with Crippen molar-refractivity contribution in [2.24, 2.45) is 0 Å². The van der Waals surface area contributed by atoms with E-state index in [-0.39, 0.29) is 24.6 Å². The van der Waals surface area contributed by atoms with Crippen LogP contribution in [0.15, 0.2) is 87.9 Å². The monoisotopic (exact) mass is 592 g/mol. The summed E-state index contributed by atoms with van der Waals surface area (Å²) in [6.45, 7) is -0.0767. The number of thiocarbonyl (C=S) groups is 1. The van der Waals surface area contributed by atoms with E-state index in [4.69, 9.17) is 26.1 Å². The van der Waals surface area contributed by atoms with Gasteiger partial charge in [0.15, 0.2) is 5.11 Å². The van der Waals surface area contributed by atoms with E-state index in [9.17, 15) is 4.79 Å². The van der Waals surface area contributed by atoms with Crippen LogP contribution in [0.25, 0.3) is 11.3 Å². The Morgan fingerprint density at radius 3 is 2.66 bits per heavy atom. The zero-order valence-electron chi connectivity index (χ0n) is 20.7. The first-order chi connectivity index (χ1) is 18.5. The number of amides is 1. The average Bonchev–Trinajstić information content (AvgIpc) is 3.54. The minimum Gasteiger partial charge on any atom is -0.495 e. The number of pyridine rings is 1. The predicted octanol–water partition coefficient (Wildman–Crippen LogP) is 5.87. The van der Waals surface area contributed by atoms with Crippen LogP contribution in [0.1, 0.15) is 23.5 Å². The smallest absolute Gasteiger partial charge is 0.250 e. The van der Waals surface area contributed by atoms with Crippen LogP contribution in [-0.2, 0) is 9.53 Å². The number of anilines is 2. The summed E-state index contributed by atoms with van der Waals surface area (Å²) < 4.78 is 17.9. The van der Waals surface area contributed by atoms with Crippen molar-refractivity contribution in [2.75, 3.05) is 31.0 Å². The molecule has 194 valence electrons. The van der Waals surface area contributed by atoms with Crippen LogP contribution in [0.5, 0.6) is 5.75 Å². The van der Waals surface area contributed by atoms with E-state index >= 15 is 0 Å². The summed E-state index contributed by atoms with van der Waals surface area (Å²) in [4.78, 5) is 18.9. The van der Waals surface area contributed by atoms with Gasteiger partial charge < -0.3 is 29.4 Å². The van der Waals surface area contributed by atoms with Gasteiger partial charge in [-0.25, -0.2) is 0 Å². The molecule has 0 bridgehead atoms. The molecule has 8 nitrogen and oxygen atoms in total. The molecule has 0 saturated carbocycles. The number of benzene rings is 2. The maximum Gasteiger partial charge on any atom is 0.250 e. The lowest BCUT2D eigenvalue weighted by molar-refractivity contribution is -0.119. The number of furan rings is 1. The van der Waals surface area contributed by atoms with Gasteiger partial charge in [0.1, 0.15) is 29.9 Å². The van der Waals surface area contributed by atoms with Crippen molar-refractivity contribution < 1.29 is 18.7 Å². The standard InChI is InChI=1S/C28H25BrN4O4S/c1-35-16-25(34)31-21-15-19(10-11-23(21)36-2)33-27(26(32-28(33)38)20-5-3-4-14-30-20)24-13-12-22(37-24)17-6-8-18(29)9-7-17/h3-15,26-27H,16H2,1-2H3,(H,31,34)(H,32,38)/t26-,27-/m0/s1. The van der Waals surface area contributed by atoms with Crippen molar-refractivity contribution in [3.8, 4) is 17.1 Å². The van der Waals surface area contributed by atoms with Crippen LogP contribution in [0.2, 0.25) is 0 Å². The number of nitrogens with one attached hydrogen (secondary N) is 2. The van der Waals surface area contributed by atoms with Gasteiger partial charge in [0.2, 0.25) is 5.91 Å². The summed E-state index contributed by atoms with van der Waals surface area (Å²) in [5, 5.41) is 6.78. The van der Waals surface area contributed by atoms with Gasteiger partial charge >= 0.3 is 0 Å². The Balaban J connectivity index is 1.57. The highest BCUT2D eigenvalue weighted by atomic mass is 79.9. The summed E-state index contributed by atoms with van der Waals surface area (Å²) in [6, 6.07) is 22.5. The molecular weight excluding hydrogens is 568 g/mol. The van der Waals surface area contributed by atoms with E-state index in [0.717, 1.165) is 27.2 Å². The number of hydrogen-bond acceptors (Lipinski definition) is 6. The Labute approximate surface area is 234 Å². The number of aromatic nitrogens is 1. The predicted molar refractivity (Wildman–Crippen MR) is 153 cm³/mol. The zero-order valence-corrected chi connectivity index (χ0v) is 23.1. The SMILES string of the molecule is COCC(=O)Nc1cc(N2C(=S)N[C@@H](c3ccccn3)[C@@H]2c2ccc(-c3ccc(Br)cc3)o2)ccc1OC. The number of carbonyl (C=O) groups excluding carboxylic acids is 1. The number of methoxy groups -OCH3 is 2. The fourth-order valence-corrected chi connectivity index (χ4v) is 5.07. The molecule has 4 aromatic rings. The first kappa shape index (κ1) is 25.9. The molecular formula is C28H25BrN4O4S. The Morgan fingerprint density at radius 1 is 1.13 bits per heavy atom. The van der Waals surface area contributed by atoms with Crippen LogP contribution in [0.4, 0.5) is 11.4 Å². The lowest BCUT2D eigenvalue weighted by Crippen LogP contribution is -2.29. The molecule has 2 aromatic heterocycles. The molecule has 2 atom stereocenters. The van der Waals surface area contributed by atoms with Gasteiger partial charge in [-0.3, -0.25) is 9.78 Å². The van der Waals surface area contributed by atoms with Gasteiger partial charge in [-0.15, -0.1) is 0 Å². The summed E-state index contributed by atoms with van der Waals surface area (Å²) in [5.74, 6) is 1.68. The molecule has 2 aromatic carbocycles. The lowest BCUT2D eigenvalue weighted by Gasteiger charge is -2.27.